The Morgan fingerprint density at radius 2 is 1.85 bits per heavy atom. The molecule has 0 aliphatic heterocycles. The molecular weight excluding hydrogens is 246 g/mol. The summed E-state index contributed by atoms with van der Waals surface area (Å²) in [5.74, 6) is 2.40. The molecule has 0 saturated carbocycles. The van der Waals surface area contributed by atoms with E-state index < -0.39 is 0 Å². The lowest BCUT2D eigenvalue weighted by Gasteiger charge is -2.19. The van der Waals surface area contributed by atoms with Crippen LogP contribution in [0.2, 0.25) is 0 Å². The molecule has 0 aliphatic carbocycles. The fourth-order valence-electron chi connectivity index (χ4n) is 2.16. The average Bonchev–Trinajstić information content (AvgIpc) is 2.42. The van der Waals surface area contributed by atoms with Crippen LogP contribution in [0.4, 0.5) is 0 Å². The molecule has 0 aromatic heterocycles. The molecule has 110 valence electrons. The van der Waals surface area contributed by atoms with E-state index in [1.54, 1.807) is 0 Å². The largest absolute Gasteiger partial charge is 0.493 e. The van der Waals surface area contributed by atoms with Gasteiger partial charge in [0.05, 0.1) is 12.7 Å². The first kappa shape index (κ1) is 16.6. The first-order chi connectivity index (χ1) is 9.45. The molecule has 0 spiro atoms. The predicted molar refractivity (Wildman–Crippen MR) is 84.1 cm³/mol. The molecule has 1 unspecified atom stereocenters. The Labute approximate surface area is 123 Å². The van der Waals surface area contributed by atoms with E-state index in [1.807, 2.05) is 0 Å². The van der Waals surface area contributed by atoms with Gasteiger partial charge in [-0.05, 0) is 41.4 Å². The molecule has 0 aliphatic rings. The summed E-state index contributed by atoms with van der Waals surface area (Å²) in [6, 6.07) is 8.71. The van der Waals surface area contributed by atoms with Crippen LogP contribution >= 0.6 is 0 Å². The molecule has 20 heavy (non-hydrogen) atoms. The van der Waals surface area contributed by atoms with Crippen molar-refractivity contribution in [2.75, 3.05) is 6.61 Å². The third-order valence-electron chi connectivity index (χ3n) is 3.49. The number of nitrogens with zero attached hydrogens (tertiary/aromatic N) is 1. The average molecular weight is 273 g/mol. The Kier molecular flexibility index (Phi) is 6.58. The van der Waals surface area contributed by atoms with Crippen LogP contribution in [0.3, 0.4) is 0 Å². The van der Waals surface area contributed by atoms with Gasteiger partial charge in [0.1, 0.15) is 5.75 Å². The van der Waals surface area contributed by atoms with Crippen molar-refractivity contribution in [1.82, 2.24) is 0 Å². The SMILES string of the molecule is CC(C)COc1ccc(C(C)CCC#N)cc1C(C)C. The predicted octanol–water partition coefficient (Wildman–Crippen LogP) is 5.25. The third-order valence-corrected chi connectivity index (χ3v) is 3.49. The van der Waals surface area contributed by atoms with E-state index in [2.05, 4.69) is 58.9 Å². The van der Waals surface area contributed by atoms with E-state index in [9.17, 15) is 0 Å². The lowest BCUT2D eigenvalue weighted by Crippen LogP contribution is -2.07. The van der Waals surface area contributed by atoms with Crippen molar-refractivity contribution in [3.63, 3.8) is 0 Å². The van der Waals surface area contributed by atoms with Gasteiger partial charge in [-0.25, -0.2) is 0 Å². The molecule has 2 nitrogen and oxygen atoms in total. The van der Waals surface area contributed by atoms with E-state index in [4.69, 9.17) is 10.00 Å². The third kappa shape index (κ3) is 4.89. The van der Waals surface area contributed by atoms with Gasteiger partial charge < -0.3 is 4.74 Å². The van der Waals surface area contributed by atoms with Gasteiger partial charge >= 0.3 is 0 Å². The zero-order valence-electron chi connectivity index (χ0n) is 13.4. The fraction of sp³-hybridized carbons (Fsp3) is 0.611. The van der Waals surface area contributed by atoms with E-state index in [1.165, 1.54) is 11.1 Å². The Balaban J connectivity index is 2.92. The van der Waals surface area contributed by atoms with Crippen LogP contribution in [0.5, 0.6) is 5.75 Å². The molecule has 1 aromatic carbocycles. The lowest BCUT2D eigenvalue weighted by molar-refractivity contribution is 0.267. The number of rotatable bonds is 7. The van der Waals surface area contributed by atoms with Gasteiger partial charge in [-0.2, -0.15) is 5.26 Å². The van der Waals surface area contributed by atoms with Crippen molar-refractivity contribution in [2.24, 2.45) is 5.92 Å². The smallest absolute Gasteiger partial charge is 0.122 e. The maximum absolute atomic E-state index is 8.70. The summed E-state index contributed by atoms with van der Waals surface area (Å²) in [7, 11) is 0. The topological polar surface area (TPSA) is 33.0 Å². The summed E-state index contributed by atoms with van der Waals surface area (Å²) in [6.45, 7) is 11.7. The Morgan fingerprint density at radius 1 is 1.15 bits per heavy atom. The minimum atomic E-state index is 0.422. The Bertz CT molecular complexity index is 457. The van der Waals surface area contributed by atoms with Crippen LogP contribution in [0.25, 0.3) is 0 Å². The molecular formula is C18H27NO. The standard InChI is InChI=1S/C18H27NO/c1-13(2)12-20-18-9-8-16(11-17(18)14(3)4)15(5)7-6-10-19/h8-9,11,13-15H,6-7,12H2,1-5H3. The minimum Gasteiger partial charge on any atom is -0.493 e. The van der Waals surface area contributed by atoms with Crippen LogP contribution in [0, 0.1) is 17.2 Å². The van der Waals surface area contributed by atoms with E-state index in [0.29, 0.717) is 24.2 Å². The minimum absolute atomic E-state index is 0.422. The molecule has 2 heteroatoms. The van der Waals surface area contributed by atoms with Crippen LogP contribution < -0.4 is 4.74 Å². The van der Waals surface area contributed by atoms with Gasteiger partial charge in [-0.1, -0.05) is 46.8 Å². The van der Waals surface area contributed by atoms with Gasteiger partial charge in [0.25, 0.3) is 0 Å². The summed E-state index contributed by atoms with van der Waals surface area (Å²) in [5, 5.41) is 8.70. The fourth-order valence-corrected chi connectivity index (χ4v) is 2.16. The summed E-state index contributed by atoms with van der Waals surface area (Å²) in [4.78, 5) is 0. The quantitative estimate of drug-likeness (QED) is 0.679. The molecule has 0 amide bonds. The molecule has 0 radical (unpaired) electrons. The first-order valence-corrected chi connectivity index (χ1v) is 7.59. The van der Waals surface area contributed by atoms with E-state index in [-0.39, 0.29) is 0 Å². The maximum atomic E-state index is 8.70. The van der Waals surface area contributed by atoms with Crippen molar-refractivity contribution in [2.45, 2.75) is 59.3 Å². The maximum Gasteiger partial charge on any atom is 0.122 e. The van der Waals surface area contributed by atoms with Gasteiger partial charge in [-0.3, -0.25) is 0 Å². The normalized spacial score (nSPS) is 12.5. The van der Waals surface area contributed by atoms with Crippen molar-refractivity contribution in [3.8, 4) is 11.8 Å². The zero-order chi connectivity index (χ0) is 15.1. The van der Waals surface area contributed by atoms with Gasteiger partial charge in [0.15, 0.2) is 0 Å². The summed E-state index contributed by atoms with van der Waals surface area (Å²) >= 11 is 0. The van der Waals surface area contributed by atoms with Crippen molar-refractivity contribution in [3.05, 3.63) is 29.3 Å². The molecule has 0 saturated heterocycles. The summed E-state index contributed by atoms with van der Waals surface area (Å²) in [5.41, 5.74) is 2.58. The summed E-state index contributed by atoms with van der Waals surface area (Å²) in [6.07, 6.45) is 1.53. The molecule has 0 bridgehead atoms. The molecule has 0 fully saturated rings. The molecule has 1 aromatic rings. The van der Waals surface area contributed by atoms with Gasteiger partial charge in [0.2, 0.25) is 0 Å². The van der Waals surface area contributed by atoms with Gasteiger partial charge in [0, 0.05) is 6.42 Å². The van der Waals surface area contributed by atoms with Crippen LogP contribution in [-0.4, -0.2) is 6.61 Å². The Morgan fingerprint density at radius 3 is 2.40 bits per heavy atom. The second-order valence-corrected chi connectivity index (χ2v) is 6.25. The zero-order valence-corrected chi connectivity index (χ0v) is 13.4. The van der Waals surface area contributed by atoms with Crippen LogP contribution in [0.1, 0.15) is 70.4 Å². The van der Waals surface area contributed by atoms with Crippen molar-refractivity contribution >= 4 is 0 Å². The molecule has 1 rings (SSSR count). The number of nitriles is 1. The number of hydrogen-bond acceptors (Lipinski definition) is 2. The lowest BCUT2D eigenvalue weighted by atomic mass is 9.91. The molecule has 0 heterocycles. The number of benzene rings is 1. The highest BCUT2D eigenvalue weighted by Gasteiger charge is 2.13. The molecule has 1 atom stereocenters. The highest BCUT2D eigenvalue weighted by Crippen LogP contribution is 2.31. The second kappa shape index (κ2) is 7.94. The monoisotopic (exact) mass is 273 g/mol. The van der Waals surface area contributed by atoms with Crippen LogP contribution in [-0.2, 0) is 0 Å². The van der Waals surface area contributed by atoms with Crippen molar-refractivity contribution < 1.29 is 4.74 Å². The second-order valence-electron chi connectivity index (χ2n) is 6.25. The Hall–Kier alpha value is -1.49. The highest BCUT2D eigenvalue weighted by molar-refractivity contribution is 5.40. The summed E-state index contributed by atoms with van der Waals surface area (Å²) < 4.78 is 5.92. The van der Waals surface area contributed by atoms with Crippen LogP contribution in [0.15, 0.2) is 18.2 Å². The first-order valence-electron chi connectivity index (χ1n) is 7.59. The van der Waals surface area contributed by atoms with Crippen molar-refractivity contribution in [1.29, 1.82) is 5.26 Å². The van der Waals surface area contributed by atoms with Gasteiger partial charge in [-0.15, -0.1) is 0 Å². The number of ether oxygens (including phenoxy) is 1. The molecule has 0 N–H and O–H groups in total. The van der Waals surface area contributed by atoms with E-state index >= 15 is 0 Å². The van der Waals surface area contributed by atoms with E-state index in [0.717, 1.165) is 18.8 Å². The highest BCUT2D eigenvalue weighted by atomic mass is 16.5. The number of hydrogen-bond donors (Lipinski definition) is 0.